The smallest absolute Gasteiger partial charge is 0.220 e. The Balaban J connectivity index is 1.68. The average Bonchev–Trinajstić information content (AvgIpc) is 2.63. The van der Waals surface area contributed by atoms with Gasteiger partial charge < -0.3 is 15.4 Å². The summed E-state index contributed by atoms with van der Waals surface area (Å²) in [6, 6.07) is 6.60. The summed E-state index contributed by atoms with van der Waals surface area (Å²) in [7, 11) is 0. The molecule has 2 N–H and O–H groups in total. The van der Waals surface area contributed by atoms with Gasteiger partial charge in [0.15, 0.2) is 0 Å². The predicted octanol–water partition coefficient (Wildman–Crippen LogP) is 2.97. The van der Waals surface area contributed by atoms with Crippen LogP contribution in [0.5, 0.6) is 0 Å². The molecule has 0 aromatic heterocycles. The maximum Gasteiger partial charge on any atom is 0.220 e. The highest BCUT2D eigenvalue weighted by Crippen LogP contribution is 2.33. The lowest BCUT2D eigenvalue weighted by molar-refractivity contribution is -0.125. The van der Waals surface area contributed by atoms with Crippen LogP contribution in [0, 0.1) is 17.7 Å². The van der Waals surface area contributed by atoms with Crippen molar-refractivity contribution in [1.82, 2.24) is 10.6 Å². The molecule has 2 heterocycles. The van der Waals surface area contributed by atoms with Crippen LogP contribution in [0.1, 0.15) is 44.6 Å². The third kappa shape index (κ3) is 4.59. The fraction of sp³-hybridized carbons (Fsp3) is 0.650. The van der Waals surface area contributed by atoms with Crippen molar-refractivity contribution >= 4 is 5.91 Å². The van der Waals surface area contributed by atoms with Gasteiger partial charge in [0.2, 0.25) is 5.91 Å². The third-order valence-electron chi connectivity index (χ3n) is 5.75. The largest absolute Gasteiger partial charge is 0.381 e. The van der Waals surface area contributed by atoms with Crippen LogP contribution in [-0.4, -0.2) is 32.2 Å². The van der Waals surface area contributed by atoms with Gasteiger partial charge in [-0.25, -0.2) is 4.39 Å². The van der Waals surface area contributed by atoms with Crippen molar-refractivity contribution in [3.05, 3.63) is 35.6 Å². The van der Waals surface area contributed by atoms with Gasteiger partial charge in [-0.15, -0.1) is 0 Å². The highest BCUT2D eigenvalue weighted by atomic mass is 19.1. The van der Waals surface area contributed by atoms with Crippen LogP contribution >= 0.6 is 0 Å². The number of nitrogens with one attached hydrogen (secondary N) is 2. The van der Waals surface area contributed by atoms with Crippen LogP contribution < -0.4 is 10.6 Å². The Labute approximate surface area is 149 Å². The van der Waals surface area contributed by atoms with E-state index in [0.717, 1.165) is 18.7 Å². The van der Waals surface area contributed by atoms with Crippen LogP contribution in [0.15, 0.2) is 24.3 Å². The predicted molar refractivity (Wildman–Crippen MR) is 95.6 cm³/mol. The number of benzene rings is 1. The standard InChI is InChI=1S/C20H29FN2O2/c1-15(16-4-3-9-22-14-16)12-19(24)23-20(7-10-25-11-8-20)17-5-2-6-18(21)13-17/h2,5-6,13,15-16,22H,3-4,7-12,14H2,1H3,(H,23,24). The van der Waals surface area contributed by atoms with Gasteiger partial charge in [-0.3, -0.25) is 4.79 Å². The zero-order chi connectivity index (χ0) is 17.7. The summed E-state index contributed by atoms with van der Waals surface area (Å²) in [4.78, 5) is 12.8. The number of carbonyl (C=O) groups is 1. The Morgan fingerprint density at radius 1 is 1.44 bits per heavy atom. The monoisotopic (exact) mass is 348 g/mol. The minimum absolute atomic E-state index is 0.0595. The van der Waals surface area contributed by atoms with E-state index < -0.39 is 5.54 Å². The van der Waals surface area contributed by atoms with E-state index in [1.807, 2.05) is 6.07 Å². The summed E-state index contributed by atoms with van der Waals surface area (Å²) in [5, 5.41) is 6.66. The molecule has 0 saturated carbocycles. The number of hydrogen-bond acceptors (Lipinski definition) is 3. The average molecular weight is 348 g/mol. The SMILES string of the molecule is CC(CC(=O)NC1(c2cccc(F)c2)CCOCC1)C1CCCNC1. The second kappa shape index (κ2) is 8.28. The molecule has 2 atom stereocenters. The molecule has 2 aliphatic rings. The molecule has 1 aromatic carbocycles. The molecule has 0 bridgehead atoms. The molecule has 2 saturated heterocycles. The molecule has 1 aromatic rings. The van der Waals surface area contributed by atoms with Crippen LogP contribution in [0.25, 0.3) is 0 Å². The van der Waals surface area contributed by atoms with E-state index in [2.05, 4.69) is 17.6 Å². The first-order valence-corrected chi connectivity index (χ1v) is 9.45. The summed E-state index contributed by atoms with van der Waals surface area (Å²) in [5.41, 5.74) is 0.332. The molecular weight excluding hydrogens is 319 g/mol. The zero-order valence-electron chi connectivity index (χ0n) is 15.0. The van der Waals surface area contributed by atoms with Crippen molar-refractivity contribution < 1.29 is 13.9 Å². The molecule has 2 fully saturated rings. The van der Waals surface area contributed by atoms with Gasteiger partial charge in [0.1, 0.15) is 5.82 Å². The normalized spacial score (nSPS) is 24.5. The van der Waals surface area contributed by atoms with E-state index in [0.29, 0.717) is 44.3 Å². The topological polar surface area (TPSA) is 50.4 Å². The minimum atomic E-state index is -0.512. The molecule has 138 valence electrons. The summed E-state index contributed by atoms with van der Waals surface area (Å²) in [6.45, 7) is 5.41. The summed E-state index contributed by atoms with van der Waals surface area (Å²) < 4.78 is 19.2. The van der Waals surface area contributed by atoms with E-state index in [1.54, 1.807) is 12.1 Å². The van der Waals surface area contributed by atoms with E-state index in [4.69, 9.17) is 4.74 Å². The second-order valence-corrected chi connectivity index (χ2v) is 7.54. The summed E-state index contributed by atoms with van der Waals surface area (Å²) in [6.07, 6.45) is 4.25. The number of amides is 1. The summed E-state index contributed by atoms with van der Waals surface area (Å²) >= 11 is 0. The molecule has 0 aliphatic carbocycles. The first kappa shape index (κ1) is 18.3. The Morgan fingerprint density at radius 3 is 2.92 bits per heavy atom. The van der Waals surface area contributed by atoms with Gasteiger partial charge in [-0.05, 0) is 68.3 Å². The van der Waals surface area contributed by atoms with E-state index in [-0.39, 0.29) is 11.7 Å². The van der Waals surface area contributed by atoms with Crippen molar-refractivity contribution in [1.29, 1.82) is 0 Å². The Hall–Kier alpha value is -1.46. The quantitative estimate of drug-likeness (QED) is 0.860. The lowest BCUT2D eigenvalue weighted by atomic mass is 9.81. The minimum Gasteiger partial charge on any atom is -0.381 e. The van der Waals surface area contributed by atoms with Crippen molar-refractivity contribution in [2.45, 2.75) is 44.6 Å². The van der Waals surface area contributed by atoms with E-state index in [9.17, 15) is 9.18 Å². The molecular formula is C20H29FN2O2. The molecule has 25 heavy (non-hydrogen) atoms. The Bertz CT molecular complexity index is 581. The highest BCUT2D eigenvalue weighted by Gasteiger charge is 2.36. The third-order valence-corrected chi connectivity index (χ3v) is 5.75. The molecule has 1 amide bonds. The van der Waals surface area contributed by atoms with Crippen LogP contribution in [-0.2, 0) is 15.1 Å². The molecule has 2 aliphatic heterocycles. The molecule has 2 unspecified atom stereocenters. The number of halogens is 1. The number of ether oxygens (including phenoxy) is 1. The number of rotatable bonds is 5. The lowest BCUT2D eigenvalue weighted by Gasteiger charge is -2.39. The first-order valence-electron chi connectivity index (χ1n) is 9.45. The van der Waals surface area contributed by atoms with Crippen molar-refractivity contribution in [2.24, 2.45) is 11.8 Å². The summed E-state index contributed by atoms with van der Waals surface area (Å²) in [5.74, 6) is 0.694. The van der Waals surface area contributed by atoms with E-state index >= 15 is 0 Å². The second-order valence-electron chi connectivity index (χ2n) is 7.54. The number of carbonyl (C=O) groups excluding carboxylic acids is 1. The molecule has 4 nitrogen and oxygen atoms in total. The van der Waals surface area contributed by atoms with Crippen molar-refractivity contribution in [2.75, 3.05) is 26.3 Å². The zero-order valence-corrected chi connectivity index (χ0v) is 15.0. The van der Waals surface area contributed by atoms with Crippen LogP contribution in [0.2, 0.25) is 0 Å². The number of piperidine rings is 1. The molecule has 0 radical (unpaired) electrons. The highest BCUT2D eigenvalue weighted by molar-refractivity contribution is 5.77. The maximum atomic E-state index is 13.7. The van der Waals surface area contributed by atoms with Gasteiger partial charge in [0, 0.05) is 19.6 Å². The Morgan fingerprint density at radius 2 is 2.24 bits per heavy atom. The Kier molecular flexibility index (Phi) is 6.07. The van der Waals surface area contributed by atoms with Crippen molar-refractivity contribution in [3.63, 3.8) is 0 Å². The van der Waals surface area contributed by atoms with Gasteiger partial charge >= 0.3 is 0 Å². The van der Waals surface area contributed by atoms with E-state index in [1.165, 1.54) is 18.9 Å². The van der Waals surface area contributed by atoms with Gasteiger partial charge in [-0.1, -0.05) is 19.1 Å². The fourth-order valence-corrected chi connectivity index (χ4v) is 4.13. The maximum absolute atomic E-state index is 13.7. The molecule has 0 spiro atoms. The van der Waals surface area contributed by atoms with Gasteiger partial charge in [0.05, 0.1) is 5.54 Å². The van der Waals surface area contributed by atoms with Crippen molar-refractivity contribution in [3.8, 4) is 0 Å². The van der Waals surface area contributed by atoms with Crippen LogP contribution in [0.3, 0.4) is 0 Å². The lowest BCUT2D eigenvalue weighted by Crippen LogP contribution is -2.50. The van der Waals surface area contributed by atoms with Gasteiger partial charge in [-0.2, -0.15) is 0 Å². The number of hydrogen-bond donors (Lipinski definition) is 2. The fourth-order valence-electron chi connectivity index (χ4n) is 4.13. The molecule has 3 rings (SSSR count). The first-order chi connectivity index (χ1) is 12.1. The molecule has 5 heteroatoms. The van der Waals surface area contributed by atoms with Crippen LogP contribution in [0.4, 0.5) is 4.39 Å². The van der Waals surface area contributed by atoms with Gasteiger partial charge in [0.25, 0.3) is 0 Å².